The highest BCUT2D eigenvalue weighted by atomic mass is 14.9. The standard InChI is InChI=1S/C17H22N2/c1-4-14-8-6-9-15(12-14)17(18-5-2)16-10-7-11-19-13(16)3/h6-12,17-18H,4-5H2,1-3H3. The van der Waals surface area contributed by atoms with Gasteiger partial charge in [0.05, 0.1) is 6.04 Å². The predicted octanol–water partition coefficient (Wildman–Crippen LogP) is 3.65. The predicted molar refractivity (Wildman–Crippen MR) is 80.3 cm³/mol. The van der Waals surface area contributed by atoms with Gasteiger partial charge in [-0.05, 0) is 42.6 Å². The minimum atomic E-state index is 0.227. The molecule has 2 rings (SSSR count). The Kier molecular flexibility index (Phi) is 4.69. The molecule has 1 N–H and O–H groups in total. The minimum absolute atomic E-state index is 0.227. The molecule has 0 saturated heterocycles. The second-order valence-electron chi connectivity index (χ2n) is 4.77. The van der Waals surface area contributed by atoms with Crippen LogP contribution in [0.5, 0.6) is 0 Å². The van der Waals surface area contributed by atoms with E-state index in [0.29, 0.717) is 0 Å². The molecule has 2 heteroatoms. The maximum Gasteiger partial charge on any atom is 0.0594 e. The molecule has 0 aliphatic carbocycles. The van der Waals surface area contributed by atoms with Gasteiger partial charge in [-0.1, -0.05) is 44.2 Å². The Morgan fingerprint density at radius 1 is 1.16 bits per heavy atom. The Hall–Kier alpha value is -1.67. The lowest BCUT2D eigenvalue weighted by atomic mass is 9.95. The van der Waals surface area contributed by atoms with Crippen LogP contribution in [0.25, 0.3) is 0 Å². The smallest absolute Gasteiger partial charge is 0.0594 e. The zero-order valence-corrected chi connectivity index (χ0v) is 12.0. The van der Waals surface area contributed by atoms with E-state index in [9.17, 15) is 0 Å². The lowest BCUT2D eigenvalue weighted by Gasteiger charge is -2.21. The molecule has 1 atom stereocenters. The van der Waals surface area contributed by atoms with Crippen LogP contribution in [0, 0.1) is 6.92 Å². The fraction of sp³-hybridized carbons (Fsp3) is 0.353. The summed E-state index contributed by atoms with van der Waals surface area (Å²) in [5.41, 5.74) is 5.05. The number of hydrogen-bond donors (Lipinski definition) is 1. The Morgan fingerprint density at radius 2 is 2.00 bits per heavy atom. The summed E-state index contributed by atoms with van der Waals surface area (Å²) in [6, 6.07) is 13.2. The number of nitrogens with one attached hydrogen (secondary N) is 1. The molecule has 2 aromatic rings. The summed E-state index contributed by atoms with van der Waals surface area (Å²) < 4.78 is 0. The van der Waals surface area contributed by atoms with Crippen molar-refractivity contribution in [2.75, 3.05) is 6.54 Å². The summed E-state index contributed by atoms with van der Waals surface area (Å²) in [4.78, 5) is 4.41. The van der Waals surface area contributed by atoms with Gasteiger partial charge < -0.3 is 5.32 Å². The minimum Gasteiger partial charge on any atom is -0.306 e. The molecular formula is C17H22N2. The van der Waals surface area contributed by atoms with Crippen molar-refractivity contribution in [3.05, 3.63) is 65.0 Å². The van der Waals surface area contributed by atoms with Crippen LogP contribution in [0.1, 0.15) is 42.3 Å². The Bertz CT molecular complexity index is 534. The highest BCUT2D eigenvalue weighted by Gasteiger charge is 2.15. The third-order valence-electron chi connectivity index (χ3n) is 3.46. The van der Waals surface area contributed by atoms with Crippen molar-refractivity contribution in [1.82, 2.24) is 10.3 Å². The lowest BCUT2D eigenvalue weighted by molar-refractivity contribution is 0.624. The van der Waals surface area contributed by atoms with Crippen molar-refractivity contribution in [1.29, 1.82) is 0 Å². The number of rotatable bonds is 5. The van der Waals surface area contributed by atoms with Crippen molar-refractivity contribution < 1.29 is 0 Å². The van der Waals surface area contributed by atoms with E-state index < -0.39 is 0 Å². The molecule has 0 bridgehead atoms. The number of aromatic nitrogens is 1. The van der Waals surface area contributed by atoms with Crippen LogP contribution in [0.2, 0.25) is 0 Å². The summed E-state index contributed by atoms with van der Waals surface area (Å²) in [7, 11) is 0. The van der Waals surface area contributed by atoms with Crippen LogP contribution < -0.4 is 5.32 Å². The first-order chi connectivity index (χ1) is 9.26. The van der Waals surface area contributed by atoms with Gasteiger partial charge in [0.1, 0.15) is 0 Å². The van der Waals surface area contributed by atoms with E-state index in [1.54, 1.807) is 0 Å². The Morgan fingerprint density at radius 3 is 2.68 bits per heavy atom. The number of hydrogen-bond acceptors (Lipinski definition) is 2. The summed E-state index contributed by atoms with van der Waals surface area (Å²) in [5.74, 6) is 0. The molecule has 1 heterocycles. The van der Waals surface area contributed by atoms with E-state index in [2.05, 4.69) is 61.4 Å². The average Bonchev–Trinajstić information content (AvgIpc) is 2.46. The van der Waals surface area contributed by atoms with E-state index in [0.717, 1.165) is 18.7 Å². The van der Waals surface area contributed by atoms with E-state index in [1.807, 2.05) is 12.3 Å². The van der Waals surface area contributed by atoms with Gasteiger partial charge >= 0.3 is 0 Å². The first-order valence-electron chi connectivity index (χ1n) is 7.00. The highest BCUT2D eigenvalue weighted by molar-refractivity contribution is 5.35. The quantitative estimate of drug-likeness (QED) is 0.881. The third kappa shape index (κ3) is 3.21. The highest BCUT2D eigenvalue weighted by Crippen LogP contribution is 2.24. The molecule has 19 heavy (non-hydrogen) atoms. The van der Waals surface area contributed by atoms with E-state index >= 15 is 0 Å². The van der Waals surface area contributed by atoms with Crippen LogP contribution >= 0.6 is 0 Å². The van der Waals surface area contributed by atoms with Crippen LogP contribution in [0.3, 0.4) is 0 Å². The molecule has 1 unspecified atom stereocenters. The van der Waals surface area contributed by atoms with E-state index in [4.69, 9.17) is 0 Å². The van der Waals surface area contributed by atoms with Crippen molar-refractivity contribution in [3.8, 4) is 0 Å². The molecule has 1 aromatic carbocycles. The van der Waals surface area contributed by atoms with Gasteiger partial charge in [-0.25, -0.2) is 0 Å². The van der Waals surface area contributed by atoms with Crippen molar-refractivity contribution in [2.24, 2.45) is 0 Å². The van der Waals surface area contributed by atoms with E-state index in [1.165, 1.54) is 16.7 Å². The number of pyridine rings is 1. The van der Waals surface area contributed by atoms with Crippen LogP contribution in [0.15, 0.2) is 42.6 Å². The lowest BCUT2D eigenvalue weighted by Crippen LogP contribution is -2.23. The first-order valence-corrected chi connectivity index (χ1v) is 7.00. The zero-order chi connectivity index (χ0) is 13.7. The molecular weight excluding hydrogens is 232 g/mol. The number of aryl methyl sites for hydroxylation is 2. The monoisotopic (exact) mass is 254 g/mol. The fourth-order valence-electron chi connectivity index (χ4n) is 2.41. The summed E-state index contributed by atoms with van der Waals surface area (Å²) in [5, 5.41) is 3.57. The van der Waals surface area contributed by atoms with Crippen LogP contribution in [-0.4, -0.2) is 11.5 Å². The van der Waals surface area contributed by atoms with Gasteiger partial charge in [0.25, 0.3) is 0 Å². The Balaban J connectivity index is 2.42. The molecule has 1 aromatic heterocycles. The molecule has 2 nitrogen and oxygen atoms in total. The maximum absolute atomic E-state index is 4.41. The first kappa shape index (κ1) is 13.8. The SMILES string of the molecule is CCNC(c1cccc(CC)c1)c1cccnc1C. The van der Waals surface area contributed by atoms with Gasteiger partial charge in [-0.2, -0.15) is 0 Å². The van der Waals surface area contributed by atoms with Gasteiger partial charge in [-0.15, -0.1) is 0 Å². The molecule has 0 amide bonds. The summed E-state index contributed by atoms with van der Waals surface area (Å²) in [6.07, 6.45) is 2.92. The molecule has 100 valence electrons. The molecule has 0 radical (unpaired) electrons. The van der Waals surface area contributed by atoms with Crippen molar-refractivity contribution >= 4 is 0 Å². The molecule has 0 aliphatic heterocycles. The van der Waals surface area contributed by atoms with Gasteiger partial charge in [0, 0.05) is 11.9 Å². The number of nitrogens with zero attached hydrogens (tertiary/aromatic N) is 1. The fourth-order valence-corrected chi connectivity index (χ4v) is 2.41. The van der Waals surface area contributed by atoms with Gasteiger partial charge in [0.2, 0.25) is 0 Å². The molecule has 0 saturated carbocycles. The maximum atomic E-state index is 4.41. The zero-order valence-electron chi connectivity index (χ0n) is 12.0. The largest absolute Gasteiger partial charge is 0.306 e. The molecule has 0 fully saturated rings. The van der Waals surface area contributed by atoms with Crippen LogP contribution in [-0.2, 0) is 6.42 Å². The average molecular weight is 254 g/mol. The normalized spacial score (nSPS) is 12.4. The topological polar surface area (TPSA) is 24.9 Å². The van der Waals surface area contributed by atoms with Gasteiger partial charge in [-0.3, -0.25) is 4.98 Å². The van der Waals surface area contributed by atoms with Crippen LogP contribution in [0.4, 0.5) is 0 Å². The van der Waals surface area contributed by atoms with E-state index in [-0.39, 0.29) is 6.04 Å². The Labute approximate surface area is 115 Å². The molecule has 0 spiro atoms. The van der Waals surface area contributed by atoms with Gasteiger partial charge in [0.15, 0.2) is 0 Å². The summed E-state index contributed by atoms with van der Waals surface area (Å²) in [6.45, 7) is 7.35. The second kappa shape index (κ2) is 6.48. The third-order valence-corrected chi connectivity index (χ3v) is 3.46. The van der Waals surface area contributed by atoms with Crippen molar-refractivity contribution in [3.63, 3.8) is 0 Å². The summed E-state index contributed by atoms with van der Waals surface area (Å²) >= 11 is 0. The molecule has 0 aliphatic rings. The second-order valence-corrected chi connectivity index (χ2v) is 4.77. The number of benzene rings is 1. The van der Waals surface area contributed by atoms with Crippen molar-refractivity contribution in [2.45, 2.75) is 33.2 Å².